The molecule has 0 aliphatic rings. The zero-order valence-electron chi connectivity index (χ0n) is 30.2. The summed E-state index contributed by atoms with van der Waals surface area (Å²) in [5.41, 5.74) is 1.40. The third-order valence-electron chi connectivity index (χ3n) is 8.50. The monoisotopic (exact) mass is 641 g/mol. The van der Waals surface area contributed by atoms with Crippen molar-refractivity contribution in [1.29, 1.82) is 0 Å². The molecule has 0 aliphatic carbocycles. The molecule has 0 radical (unpaired) electrons. The standard InChI is InChI=1S/C30H54O3Si.C10H16N/c1-4-5-6-7-8-9-10-11-12-13-14-15-16-17-18-19-20-24-27-29(30(31)32)33-34(2,3)28-25-22-21-23-26-28;1-11(2,3)9-10-7-5-4-6-8-10/h21-23,25-26,29H,4-20,24,27H2,1-3H3,(H,31,32);4-8H,9H2,1-3H3/q;+1. The number of unbranched alkanes of at least 4 members (excludes halogenated alkanes) is 17. The minimum Gasteiger partial charge on any atom is -0.479 e. The van der Waals surface area contributed by atoms with Gasteiger partial charge in [0.05, 0.1) is 21.1 Å². The quantitative estimate of drug-likeness (QED) is 0.0667. The molecule has 1 unspecified atom stereocenters. The zero-order valence-corrected chi connectivity index (χ0v) is 31.2. The summed E-state index contributed by atoms with van der Waals surface area (Å²) in [4.78, 5) is 11.7. The second kappa shape index (κ2) is 25.2. The summed E-state index contributed by atoms with van der Waals surface area (Å²) >= 11 is 0. The molecular formula is C40H70NO3Si+. The second-order valence-electron chi connectivity index (χ2n) is 14.6. The van der Waals surface area contributed by atoms with E-state index in [9.17, 15) is 9.90 Å². The Morgan fingerprint density at radius 3 is 1.40 bits per heavy atom. The van der Waals surface area contributed by atoms with Gasteiger partial charge in [0, 0.05) is 5.56 Å². The van der Waals surface area contributed by atoms with Crippen molar-refractivity contribution >= 4 is 19.5 Å². The van der Waals surface area contributed by atoms with Gasteiger partial charge in [-0.15, -0.1) is 0 Å². The first-order valence-corrected chi connectivity index (χ1v) is 21.3. The highest BCUT2D eigenvalue weighted by atomic mass is 28.4. The number of nitrogens with zero attached hydrogens (tertiary/aromatic N) is 1. The Morgan fingerprint density at radius 1 is 0.644 bits per heavy atom. The molecule has 2 aromatic rings. The highest BCUT2D eigenvalue weighted by molar-refractivity contribution is 6.84. The van der Waals surface area contributed by atoms with E-state index in [1.54, 1.807) is 0 Å². The van der Waals surface area contributed by atoms with Crippen LogP contribution in [0.4, 0.5) is 0 Å². The van der Waals surface area contributed by atoms with Crippen LogP contribution in [0.25, 0.3) is 0 Å². The summed E-state index contributed by atoms with van der Waals surface area (Å²) in [6, 6.07) is 20.7. The van der Waals surface area contributed by atoms with Gasteiger partial charge in [0.2, 0.25) is 8.32 Å². The van der Waals surface area contributed by atoms with E-state index in [1.165, 1.54) is 108 Å². The number of benzene rings is 2. The van der Waals surface area contributed by atoms with Gasteiger partial charge in [0.1, 0.15) is 12.6 Å². The molecule has 4 nitrogen and oxygen atoms in total. The summed E-state index contributed by atoms with van der Waals surface area (Å²) < 4.78 is 7.15. The molecule has 0 aliphatic heterocycles. The molecule has 0 heterocycles. The SMILES string of the molecule is CCCCCCCCCCCCCCCCCCCCC(O[Si](C)(C)c1ccccc1)C(=O)O.C[N+](C)(C)Cc1ccccc1. The average Bonchev–Trinajstić information content (AvgIpc) is 3.00. The number of hydrogen-bond donors (Lipinski definition) is 1. The van der Waals surface area contributed by atoms with Crippen LogP contribution in [0.5, 0.6) is 0 Å². The fourth-order valence-electron chi connectivity index (χ4n) is 5.86. The molecule has 1 atom stereocenters. The molecule has 0 amide bonds. The third-order valence-corrected chi connectivity index (χ3v) is 11.1. The van der Waals surface area contributed by atoms with Crippen LogP contribution in [0.15, 0.2) is 60.7 Å². The Kier molecular flexibility index (Phi) is 23.0. The molecule has 0 aromatic heterocycles. The van der Waals surface area contributed by atoms with Gasteiger partial charge in [-0.3, -0.25) is 0 Å². The molecular weight excluding hydrogens is 571 g/mol. The van der Waals surface area contributed by atoms with E-state index in [-0.39, 0.29) is 0 Å². The predicted octanol–water partition coefficient (Wildman–Crippen LogP) is 10.9. The number of carboxylic acid groups (broad SMARTS) is 1. The fourth-order valence-corrected chi connectivity index (χ4v) is 7.92. The van der Waals surface area contributed by atoms with Gasteiger partial charge in [0.15, 0.2) is 0 Å². The van der Waals surface area contributed by atoms with Crippen LogP contribution < -0.4 is 5.19 Å². The third kappa shape index (κ3) is 23.1. The molecule has 0 saturated carbocycles. The number of carbonyl (C=O) groups is 1. The van der Waals surface area contributed by atoms with Crippen molar-refractivity contribution in [3.05, 3.63) is 66.2 Å². The lowest BCUT2D eigenvalue weighted by Gasteiger charge is -2.27. The van der Waals surface area contributed by atoms with Crippen molar-refractivity contribution in [2.24, 2.45) is 0 Å². The largest absolute Gasteiger partial charge is 0.479 e. The lowest BCUT2D eigenvalue weighted by Crippen LogP contribution is -2.49. The Labute approximate surface area is 279 Å². The van der Waals surface area contributed by atoms with E-state index in [1.807, 2.05) is 18.2 Å². The van der Waals surface area contributed by atoms with Crippen LogP contribution in [0.1, 0.15) is 134 Å². The molecule has 5 heteroatoms. The predicted molar refractivity (Wildman–Crippen MR) is 198 cm³/mol. The highest BCUT2D eigenvalue weighted by Gasteiger charge is 2.31. The number of quaternary nitrogens is 1. The maximum Gasteiger partial charge on any atom is 0.331 e. The van der Waals surface area contributed by atoms with E-state index in [0.29, 0.717) is 6.42 Å². The molecule has 2 aromatic carbocycles. The van der Waals surface area contributed by atoms with Crippen LogP contribution in [0, 0.1) is 0 Å². The van der Waals surface area contributed by atoms with Crippen LogP contribution in [-0.2, 0) is 15.8 Å². The molecule has 2 rings (SSSR count). The number of carboxylic acids is 1. The lowest BCUT2D eigenvalue weighted by molar-refractivity contribution is -0.884. The lowest BCUT2D eigenvalue weighted by atomic mass is 10.0. The average molecular weight is 641 g/mol. The summed E-state index contributed by atoms with van der Waals surface area (Å²) in [6.45, 7) is 7.56. The molecule has 0 spiro atoms. The minimum absolute atomic E-state index is 0.622. The smallest absolute Gasteiger partial charge is 0.331 e. The first-order valence-electron chi connectivity index (χ1n) is 18.4. The van der Waals surface area contributed by atoms with Crippen molar-refractivity contribution < 1.29 is 18.8 Å². The van der Waals surface area contributed by atoms with Crippen molar-refractivity contribution in [1.82, 2.24) is 0 Å². The van der Waals surface area contributed by atoms with Crippen molar-refractivity contribution in [3.8, 4) is 0 Å². The number of rotatable bonds is 25. The van der Waals surface area contributed by atoms with Gasteiger partial charge in [0.25, 0.3) is 0 Å². The summed E-state index contributed by atoms with van der Waals surface area (Å²) in [6.07, 6.45) is 24.2. The van der Waals surface area contributed by atoms with Gasteiger partial charge in [-0.1, -0.05) is 183 Å². The van der Waals surface area contributed by atoms with Crippen LogP contribution in [0.3, 0.4) is 0 Å². The van der Waals surface area contributed by atoms with E-state index in [4.69, 9.17) is 4.43 Å². The van der Waals surface area contributed by atoms with Crippen molar-refractivity contribution in [2.75, 3.05) is 21.1 Å². The summed E-state index contributed by atoms with van der Waals surface area (Å²) in [7, 11) is 4.40. The van der Waals surface area contributed by atoms with E-state index >= 15 is 0 Å². The van der Waals surface area contributed by atoms with E-state index in [0.717, 1.165) is 29.1 Å². The van der Waals surface area contributed by atoms with Crippen molar-refractivity contribution in [2.45, 2.75) is 155 Å². The highest BCUT2D eigenvalue weighted by Crippen LogP contribution is 2.17. The summed E-state index contributed by atoms with van der Waals surface area (Å²) in [5, 5.41) is 10.8. The van der Waals surface area contributed by atoms with Crippen LogP contribution in [0.2, 0.25) is 13.1 Å². The molecule has 0 fully saturated rings. The second-order valence-corrected chi connectivity index (χ2v) is 18.4. The summed E-state index contributed by atoms with van der Waals surface area (Å²) in [5.74, 6) is -0.816. The molecule has 1 N–H and O–H groups in total. The zero-order chi connectivity index (χ0) is 33.2. The van der Waals surface area contributed by atoms with E-state index in [2.05, 4.69) is 83.6 Å². The van der Waals surface area contributed by atoms with Gasteiger partial charge in [-0.2, -0.15) is 0 Å². The fraction of sp³-hybridized carbons (Fsp3) is 0.675. The van der Waals surface area contributed by atoms with Crippen LogP contribution >= 0.6 is 0 Å². The molecule has 0 bridgehead atoms. The Bertz CT molecular complexity index is 959. The maximum absolute atomic E-state index is 11.7. The van der Waals surface area contributed by atoms with Gasteiger partial charge in [-0.05, 0) is 24.7 Å². The van der Waals surface area contributed by atoms with E-state index < -0.39 is 20.4 Å². The Morgan fingerprint density at radius 2 is 1.02 bits per heavy atom. The first kappa shape index (κ1) is 41.1. The molecule has 0 saturated heterocycles. The normalized spacial score (nSPS) is 12.4. The van der Waals surface area contributed by atoms with Gasteiger partial charge in [-0.25, -0.2) is 4.79 Å². The molecule has 45 heavy (non-hydrogen) atoms. The minimum atomic E-state index is -2.20. The number of aliphatic carboxylic acids is 1. The maximum atomic E-state index is 11.7. The Balaban J connectivity index is 0.000000768. The van der Waals surface area contributed by atoms with Crippen molar-refractivity contribution in [3.63, 3.8) is 0 Å². The number of hydrogen-bond acceptors (Lipinski definition) is 2. The van der Waals surface area contributed by atoms with Gasteiger partial charge >= 0.3 is 5.97 Å². The first-order chi connectivity index (χ1) is 21.5. The Hall–Kier alpha value is -1.95. The van der Waals surface area contributed by atoms with Crippen LogP contribution in [-0.4, -0.2) is 51.1 Å². The topological polar surface area (TPSA) is 46.5 Å². The molecule has 256 valence electrons. The van der Waals surface area contributed by atoms with Gasteiger partial charge < -0.3 is 14.0 Å².